The van der Waals surface area contributed by atoms with Gasteiger partial charge >= 0.3 is 0 Å². The fraction of sp³-hybridized carbons (Fsp3) is 0.789. The van der Waals surface area contributed by atoms with Crippen molar-refractivity contribution in [2.24, 2.45) is 11.8 Å². The van der Waals surface area contributed by atoms with Crippen molar-refractivity contribution < 1.29 is 14.3 Å². The van der Waals surface area contributed by atoms with Crippen LogP contribution in [0.15, 0.2) is 12.2 Å². The van der Waals surface area contributed by atoms with Crippen LogP contribution in [-0.2, 0) is 14.3 Å². The molecule has 0 spiro atoms. The van der Waals surface area contributed by atoms with Crippen LogP contribution in [0.4, 0.5) is 0 Å². The first-order valence-corrected chi connectivity index (χ1v) is 8.63. The molecule has 1 atom stereocenters. The molecule has 2 aliphatic rings. The van der Waals surface area contributed by atoms with Crippen LogP contribution in [0.25, 0.3) is 0 Å². The van der Waals surface area contributed by atoms with E-state index in [1.165, 1.54) is 38.8 Å². The van der Waals surface area contributed by atoms with E-state index in [0.717, 1.165) is 18.6 Å². The van der Waals surface area contributed by atoms with Gasteiger partial charge in [-0.15, -0.1) is 0 Å². The van der Waals surface area contributed by atoms with Gasteiger partial charge in [-0.05, 0) is 64.6 Å². The summed E-state index contributed by atoms with van der Waals surface area (Å²) < 4.78 is 4.25. The number of rotatable bonds is 4. The molecule has 4 heteroatoms. The van der Waals surface area contributed by atoms with Crippen LogP contribution >= 0.6 is 0 Å². The average Bonchev–Trinajstić information content (AvgIpc) is 3.32. The van der Waals surface area contributed by atoms with Crippen molar-refractivity contribution >= 4 is 13.1 Å². The Labute approximate surface area is 144 Å². The second-order valence-electron chi connectivity index (χ2n) is 5.35. The van der Waals surface area contributed by atoms with Crippen LogP contribution in [0, 0.1) is 11.8 Å². The van der Waals surface area contributed by atoms with E-state index < -0.39 is 0 Å². The third-order valence-electron chi connectivity index (χ3n) is 3.37. The van der Waals surface area contributed by atoms with E-state index >= 15 is 0 Å². The average molecular weight is 330 g/mol. The normalized spacial score (nSPS) is 17.1. The maximum Gasteiger partial charge on any atom is 0.120 e. The number of nitrogens with zero attached hydrogens (tertiary/aromatic N) is 1. The first-order chi connectivity index (χ1) is 11.2. The van der Waals surface area contributed by atoms with E-state index in [4.69, 9.17) is 4.79 Å². The van der Waals surface area contributed by atoms with Crippen LogP contribution in [0.3, 0.4) is 0 Å². The Balaban J connectivity index is -0.000000263. The lowest BCUT2D eigenvalue weighted by Gasteiger charge is -2.04. The molecule has 4 nitrogen and oxygen atoms in total. The molecule has 1 aliphatic heterocycles. The third-order valence-corrected chi connectivity index (χ3v) is 3.37. The van der Waals surface area contributed by atoms with Crippen LogP contribution in [0.2, 0.25) is 0 Å². The molecule has 2 rings (SSSR count). The molecule has 1 saturated carbocycles. The van der Waals surface area contributed by atoms with Crippen LogP contribution in [-0.4, -0.2) is 52.3 Å². The molecule has 0 aromatic carbocycles. The van der Waals surface area contributed by atoms with E-state index in [1.54, 1.807) is 14.2 Å². The molecule has 1 aliphatic carbocycles. The molecule has 1 unspecified atom stereocenters. The van der Waals surface area contributed by atoms with Gasteiger partial charge in [0.25, 0.3) is 0 Å². The van der Waals surface area contributed by atoms with Crippen molar-refractivity contribution in [3.8, 4) is 0 Å². The first kappa shape index (κ1) is 26.9. The standard InChI is InChI=1S/C9H14O.C5H11N.C2H6O.C2H6.CH2O/c1-2-3-8(6-7-10)9-4-5-9;1-6-4-2-3-5-6;1-3-2;2*1-2/h2-3,7-9H,4-6H2,1H3;2-5H2,1H3;1-2H3;1-2H3;1H2/b3-2-;;;;. The quantitative estimate of drug-likeness (QED) is 0.578. The minimum absolute atomic E-state index is 0.544. The Hall–Kier alpha value is -1.00. The highest BCUT2D eigenvalue weighted by atomic mass is 16.4. The molecule has 1 heterocycles. The van der Waals surface area contributed by atoms with Gasteiger partial charge in [-0.2, -0.15) is 0 Å². The Morgan fingerprint density at radius 2 is 1.61 bits per heavy atom. The fourth-order valence-electron chi connectivity index (χ4n) is 2.19. The number of hydrogen-bond donors (Lipinski definition) is 0. The van der Waals surface area contributed by atoms with Gasteiger partial charge in [-0.3, -0.25) is 0 Å². The van der Waals surface area contributed by atoms with E-state index in [-0.39, 0.29) is 0 Å². The SMILES string of the molecule is C/C=C\C(CC=O)C1CC1.C=O.CC.CN1CCCC1.COC. The molecule has 0 amide bonds. The number of likely N-dealkylation sites (tertiary alicyclic amines) is 1. The summed E-state index contributed by atoms with van der Waals surface area (Å²) in [7, 11) is 5.42. The zero-order chi connectivity index (χ0) is 18.5. The molecule has 23 heavy (non-hydrogen) atoms. The van der Waals surface area contributed by atoms with E-state index in [0.29, 0.717) is 5.92 Å². The maximum atomic E-state index is 10.2. The monoisotopic (exact) mass is 329 g/mol. The van der Waals surface area contributed by atoms with Crippen molar-refractivity contribution in [1.82, 2.24) is 4.90 Å². The fourth-order valence-corrected chi connectivity index (χ4v) is 2.19. The van der Waals surface area contributed by atoms with E-state index in [2.05, 4.69) is 22.8 Å². The van der Waals surface area contributed by atoms with Crippen molar-refractivity contribution in [1.29, 1.82) is 0 Å². The molecule has 138 valence electrons. The van der Waals surface area contributed by atoms with Crippen molar-refractivity contribution in [3.63, 3.8) is 0 Å². The largest absolute Gasteiger partial charge is 0.388 e. The molecular weight excluding hydrogens is 290 g/mol. The highest BCUT2D eigenvalue weighted by Crippen LogP contribution is 2.38. The van der Waals surface area contributed by atoms with Gasteiger partial charge in [-0.1, -0.05) is 26.0 Å². The van der Waals surface area contributed by atoms with Crippen molar-refractivity contribution in [3.05, 3.63) is 12.2 Å². The molecule has 0 aromatic rings. The van der Waals surface area contributed by atoms with Crippen molar-refractivity contribution in [2.45, 2.75) is 52.9 Å². The lowest BCUT2D eigenvalue weighted by atomic mass is 10.0. The van der Waals surface area contributed by atoms with Gasteiger partial charge in [-0.25, -0.2) is 0 Å². The lowest BCUT2D eigenvalue weighted by molar-refractivity contribution is -0.108. The second kappa shape index (κ2) is 23.3. The summed E-state index contributed by atoms with van der Waals surface area (Å²) >= 11 is 0. The molecule has 0 bridgehead atoms. The van der Waals surface area contributed by atoms with Gasteiger partial charge in [0.2, 0.25) is 0 Å². The number of allylic oxidation sites excluding steroid dienone is 2. The van der Waals surface area contributed by atoms with Crippen LogP contribution in [0.5, 0.6) is 0 Å². The highest BCUT2D eigenvalue weighted by Gasteiger charge is 2.28. The maximum absolute atomic E-state index is 10.2. The van der Waals surface area contributed by atoms with E-state index in [9.17, 15) is 4.79 Å². The summed E-state index contributed by atoms with van der Waals surface area (Å²) in [6.45, 7) is 10.7. The summed E-state index contributed by atoms with van der Waals surface area (Å²) in [5.74, 6) is 1.36. The predicted molar refractivity (Wildman–Crippen MR) is 99.8 cm³/mol. The Bertz CT molecular complexity index is 247. The number of methoxy groups -OCH3 is 1. The zero-order valence-electron chi connectivity index (χ0n) is 16.2. The smallest absolute Gasteiger partial charge is 0.120 e. The topological polar surface area (TPSA) is 46.6 Å². The number of ether oxygens (including phenoxy) is 1. The summed E-state index contributed by atoms with van der Waals surface area (Å²) in [6.07, 6.45) is 11.4. The summed E-state index contributed by atoms with van der Waals surface area (Å²) in [4.78, 5) is 20.5. The number of hydrogen-bond acceptors (Lipinski definition) is 4. The van der Waals surface area contributed by atoms with Gasteiger partial charge in [0, 0.05) is 20.6 Å². The highest BCUT2D eigenvalue weighted by molar-refractivity contribution is 5.50. The van der Waals surface area contributed by atoms with Gasteiger partial charge < -0.3 is 19.2 Å². The molecule has 1 saturated heterocycles. The van der Waals surface area contributed by atoms with E-state index in [1.807, 2.05) is 33.6 Å². The molecular formula is C19H39NO3. The first-order valence-electron chi connectivity index (χ1n) is 8.63. The van der Waals surface area contributed by atoms with Gasteiger partial charge in [0.15, 0.2) is 0 Å². The number of carbonyl (C=O) groups is 2. The second-order valence-corrected chi connectivity index (χ2v) is 5.35. The number of carbonyl (C=O) groups excluding carboxylic acids is 2. The summed E-state index contributed by atoms with van der Waals surface area (Å²) in [5, 5.41) is 0. The zero-order valence-corrected chi connectivity index (χ0v) is 16.2. The Morgan fingerprint density at radius 1 is 1.17 bits per heavy atom. The predicted octanol–water partition coefficient (Wildman–Crippen LogP) is 3.99. The summed E-state index contributed by atoms with van der Waals surface area (Å²) in [6, 6.07) is 0. The lowest BCUT2D eigenvalue weighted by Crippen LogP contribution is -2.10. The minimum Gasteiger partial charge on any atom is -0.388 e. The van der Waals surface area contributed by atoms with Crippen LogP contribution in [0.1, 0.15) is 52.9 Å². The summed E-state index contributed by atoms with van der Waals surface area (Å²) in [5.41, 5.74) is 0. The van der Waals surface area contributed by atoms with Gasteiger partial charge in [0.05, 0.1) is 0 Å². The Morgan fingerprint density at radius 3 is 1.83 bits per heavy atom. The number of aldehydes is 1. The van der Waals surface area contributed by atoms with Crippen LogP contribution < -0.4 is 0 Å². The third kappa shape index (κ3) is 21.0. The minimum atomic E-state index is 0.544. The molecule has 0 aromatic heterocycles. The Kier molecular flexibility index (Phi) is 27.2. The molecule has 2 fully saturated rings. The molecule has 0 radical (unpaired) electrons. The molecule has 0 N–H and O–H groups in total. The van der Waals surface area contributed by atoms with Gasteiger partial charge in [0.1, 0.15) is 13.1 Å². The van der Waals surface area contributed by atoms with Crippen molar-refractivity contribution in [2.75, 3.05) is 34.4 Å².